The van der Waals surface area contributed by atoms with Crippen molar-refractivity contribution in [3.05, 3.63) is 0 Å². The molecule has 0 aliphatic rings. The van der Waals surface area contributed by atoms with Gasteiger partial charge in [-0.2, -0.15) is 0 Å². The normalized spacial score (nSPS) is 15.4. The van der Waals surface area contributed by atoms with Crippen molar-refractivity contribution in [1.82, 2.24) is 5.43 Å². The maximum absolute atomic E-state index is 11.4. The minimum Gasteiger partial charge on any atom is -0.327 e. The number of hydrogen-bond acceptors (Lipinski definition) is 4. The van der Waals surface area contributed by atoms with Crippen molar-refractivity contribution in [1.29, 1.82) is 0 Å². The van der Waals surface area contributed by atoms with Crippen LogP contribution >= 0.6 is 19.8 Å². The van der Waals surface area contributed by atoms with Crippen molar-refractivity contribution < 1.29 is 9.09 Å². The monoisotopic (exact) mass is 216 g/mol. The zero-order valence-electron chi connectivity index (χ0n) is 7.74. The van der Waals surface area contributed by atoms with Gasteiger partial charge in [-0.15, -0.1) is 12.4 Å². The van der Waals surface area contributed by atoms with Crippen LogP contribution in [0.15, 0.2) is 0 Å². The third-order valence-corrected chi connectivity index (χ3v) is 2.51. The highest BCUT2D eigenvalue weighted by Crippen LogP contribution is 2.40. The minimum absolute atomic E-state index is 0. The van der Waals surface area contributed by atoms with E-state index in [4.69, 9.17) is 10.4 Å². The number of hydrogen-bond donors (Lipinski definition) is 2. The Morgan fingerprint density at radius 3 is 2.42 bits per heavy atom. The minimum atomic E-state index is -2.48. The summed E-state index contributed by atoms with van der Waals surface area (Å²) in [6.07, 6.45) is 0.236. The highest BCUT2D eigenvalue weighted by molar-refractivity contribution is 7.58. The van der Waals surface area contributed by atoms with Gasteiger partial charge in [-0.3, -0.25) is 15.8 Å². The van der Waals surface area contributed by atoms with Crippen LogP contribution in [0, 0.1) is 5.92 Å². The summed E-state index contributed by atoms with van der Waals surface area (Å²) in [5.41, 5.74) is 2.34. The van der Waals surface area contributed by atoms with E-state index in [9.17, 15) is 4.57 Å². The van der Waals surface area contributed by atoms with Crippen molar-refractivity contribution >= 4 is 19.8 Å². The van der Waals surface area contributed by atoms with E-state index in [1.54, 1.807) is 6.66 Å². The molecule has 0 aliphatic carbocycles. The maximum Gasteiger partial charge on any atom is 0.214 e. The Hall–Kier alpha value is 0.400. The Morgan fingerprint density at radius 2 is 2.08 bits per heavy atom. The molecular weight excluding hydrogens is 199 g/mol. The molecule has 0 spiro atoms. The summed E-state index contributed by atoms with van der Waals surface area (Å²) in [6, 6.07) is 0. The molecular formula is C6H18ClN2O2P. The first kappa shape index (κ1) is 14.9. The van der Waals surface area contributed by atoms with Gasteiger partial charge in [0.15, 0.2) is 0 Å². The maximum atomic E-state index is 11.4. The molecule has 4 nitrogen and oxygen atoms in total. The predicted molar refractivity (Wildman–Crippen MR) is 53.8 cm³/mol. The second-order valence-electron chi connectivity index (χ2n) is 3.07. The first-order chi connectivity index (χ1) is 4.98. The molecule has 0 amide bonds. The molecule has 0 aliphatic heterocycles. The highest BCUT2D eigenvalue weighted by Gasteiger charge is 2.14. The predicted octanol–water partition coefficient (Wildman–Crippen LogP) is 1.41. The molecule has 6 heteroatoms. The lowest BCUT2D eigenvalue weighted by atomic mass is 10.2. The molecule has 3 N–H and O–H groups in total. The van der Waals surface area contributed by atoms with Gasteiger partial charge in [0.25, 0.3) is 0 Å². The fourth-order valence-electron chi connectivity index (χ4n) is 0.518. The molecule has 1 unspecified atom stereocenters. The first-order valence-corrected chi connectivity index (χ1v) is 5.88. The zero-order valence-corrected chi connectivity index (χ0v) is 9.45. The Labute approximate surface area is 80.1 Å². The van der Waals surface area contributed by atoms with Crippen molar-refractivity contribution in [3.63, 3.8) is 0 Å². The summed E-state index contributed by atoms with van der Waals surface area (Å²) in [4.78, 5) is 0. The molecule has 0 aromatic rings. The van der Waals surface area contributed by atoms with Crippen molar-refractivity contribution in [3.8, 4) is 0 Å². The van der Waals surface area contributed by atoms with E-state index in [1.807, 2.05) is 13.8 Å². The molecule has 0 heterocycles. The molecule has 12 heavy (non-hydrogen) atoms. The van der Waals surface area contributed by atoms with Gasteiger partial charge in [-0.25, -0.2) is 0 Å². The molecule has 0 bridgehead atoms. The van der Waals surface area contributed by atoms with E-state index in [1.165, 1.54) is 0 Å². The summed E-state index contributed by atoms with van der Waals surface area (Å²) < 4.78 is 16.5. The molecule has 0 aromatic heterocycles. The topological polar surface area (TPSA) is 64.3 Å². The Balaban J connectivity index is 0. The lowest BCUT2D eigenvalue weighted by molar-refractivity contribution is 0.272. The molecule has 0 fully saturated rings. The first-order valence-electron chi connectivity index (χ1n) is 3.62. The molecule has 0 saturated heterocycles. The Morgan fingerprint density at radius 1 is 1.58 bits per heavy atom. The van der Waals surface area contributed by atoms with Gasteiger partial charge < -0.3 is 4.52 Å². The summed E-state index contributed by atoms with van der Waals surface area (Å²) in [5, 5.41) is 0. The van der Waals surface area contributed by atoms with Gasteiger partial charge in [0, 0.05) is 6.66 Å². The molecule has 1 atom stereocenters. The van der Waals surface area contributed by atoms with Crippen LogP contribution in [0.5, 0.6) is 0 Å². The summed E-state index contributed by atoms with van der Waals surface area (Å²) >= 11 is 0. The van der Waals surface area contributed by atoms with Crippen molar-refractivity contribution in [2.24, 2.45) is 11.8 Å². The van der Waals surface area contributed by atoms with E-state index in [0.29, 0.717) is 12.5 Å². The Bertz CT molecular complexity index is 154. The van der Waals surface area contributed by atoms with Crippen LogP contribution in [-0.4, -0.2) is 19.6 Å². The second-order valence-corrected chi connectivity index (χ2v) is 5.67. The fraction of sp³-hybridized carbons (Fsp3) is 1.00. The second kappa shape index (κ2) is 6.87. The quantitative estimate of drug-likeness (QED) is 0.414. The standard InChI is InChI=1S/C6H17N2O2P.ClH/c1-6(2)4-10-11(3,9)5-8-7;/h6,8H,4-5,7H2,1-3H3;1H. The van der Waals surface area contributed by atoms with E-state index >= 15 is 0 Å². The number of halogens is 1. The fourth-order valence-corrected chi connectivity index (χ4v) is 1.55. The van der Waals surface area contributed by atoms with Crippen LogP contribution in [0.2, 0.25) is 0 Å². The molecule has 0 aromatic carbocycles. The van der Waals surface area contributed by atoms with Crippen LogP contribution < -0.4 is 11.3 Å². The van der Waals surface area contributed by atoms with Crippen LogP contribution in [0.3, 0.4) is 0 Å². The Kier molecular flexibility index (Phi) is 8.53. The molecule has 0 saturated carbocycles. The average Bonchev–Trinajstić information content (AvgIpc) is 1.84. The summed E-state index contributed by atoms with van der Waals surface area (Å²) in [5.74, 6) is 5.42. The third kappa shape index (κ3) is 8.50. The molecule has 76 valence electrons. The SMILES string of the molecule is CC(C)COP(C)(=O)CNN.Cl. The summed E-state index contributed by atoms with van der Waals surface area (Å²) in [7, 11) is -2.48. The average molecular weight is 217 g/mol. The van der Waals surface area contributed by atoms with Gasteiger partial charge in [-0.05, 0) is 5.92 Å². The van der Waals surface area contributed by atoms with Gasteiger partial charge in [-0.1, -0.05) is 13.8 Å². The smallest absolute Gasteiger partial charge is 0.214 e. The van der Waals surface area contributed by atoms with Crippen LogP contribution in [0.4, 0.5) is 0 Å². The molecule has 0 rings (SSSR count). The summed E-state index contributed by atoms with van der Waals surface area (Å²) in [6.45, 7) is 6.12. The van der Waals surface area contributed by atoms with E-state index in [2.05, 4.69) is 5.43 Å². The van der Waals surface area contributed by atoms with Crippen LogP contribution in [0.1, 0.15) is 13.8 Å². The van der Waals surface area contributed by atoms with Crippen molar-refractivity contribution in [2.75, 3.05) is 19.6 Å². The zero-order chi connectivity index (χ0) is 8.91. The number of nitrogens with two attached hydrogens (primary N) is 1. The largest absolute Gasteiger partial charge is 0.327 e. The van der Waals surface area contributed by atoms with Crippen LogP contribution in [-0.2, 0) is 9.09 Å². The van der Waals surface area contributed by atoms with E-state index in [0.717, 1.165) is 0 Å². The van der Waals surface area contributed by atoms with Gasteiger partial charge in [0.2, 0.25) is 7.37 Å². The number of hydrazine groups is 1. The lowest BCUT2D eigenvalue weighted by Gasteiger charge is -2.14. The van der Waals surface area contributed by atoms with E-state index in [-0.39, 0.29) is 18.7 Å². The lowest BCUT2D eigenvalue weighted by Crippen LogP contribution is -2.23. The number of rotatable bonds is 5. The molecule has 0 radical (unpaired) electrons. The number of nitrogens with one attached hydrogen (secondary N) is 1. The van der Waals surface area contributed by atoms with E-state index < -0.39 is 7.37 Å². The van der Waals surface area contributed by atoms with Gasteiger partial charge in [0.1, 0.15) is 0 Å². The highest BCUT2D eigenvalue weighted by atomic mass is 35.5. The van der Waals surface area contributed by atoms with Crippen LogP contribution in [0.25, 0.3) is 0 Å². The third-order valence-electron chi connectivity index (χ3n) is 1.06. The van der Waals surface area contributed by atoms with Gasteiger partial charge >= 0.3 is 0 Å². The van der Waals surface area contributed by atoms with Gasteiger partial charge in [0.05, 0.1) is 12.9 Å². The van der Waals surface area contributed by atoms with Crippen molar-refractivity contribution in [2.45, 2.75) is 13.8 Å².